The third kappa shape index (κ3) is 3.67. The van der Waals surface area contributed by atoms with Crippen LogP contribution in [0.4, 0.5) is 10.1 Å². The van der Waals surface area contributed by atoms with Crippen molar-refractivity contribution in [2.45, 2.75) is 6.54 Å². The van der Waals surface area contributed by atoms with Crippen molar-refractivity contribution in [3.05, 3.63) is 61.8 Å². The molecule has 0 amide bonds. The van der Waals surface area contributed by atoms with Gasteiger partial charge in [0.1, 0.15) is 5.82 Å². The molecule has 0 atom stereocenters. The van der Waals surface area contributed by atoms with Crippen molar-refractivity contribution in [3.8, 4) is 0 Å². The Balaban J connectivity index is 2.21. The maximum atomic E-state index is 13.1. The second-order valence-electron chi connectivity index (χ2n) is 3.83. The first-order valence-electron chi connectivity index (χ1n) is 5.29. The van der Waals surface area contributed by atoms with Crippen molar-refractivity contribution in [1.29, 1.82) is 0 Å². The normalized spacial score (nSPS) is 10.6. The fraction of sp³-hybridized carbons (Fsp3) is 0.0769. The van der Waals surface area contributed by atoms with E-state index in [2.05, 4.69) is 5.32 Å². The van der Waals surface area contributed by atoms with E-state index in [1.807, 2.05) is 0 Å². The lowest BCUT2D eigenvalue weighted by molar-refractivity contribution is 0.628. The van der Waals surface area contributed by atoms with E-state index in [1.54, 1.807) is 18.2 Å². The summed E-state index contributed by atoms with van der Waals surface area (Å²) in [4.78, 5) is 0. The van der Waals surface area contributed by atoms with Gasteiger partial charge in [-0.15, -0.1) is 0 Å². The number of hydrogen-bond acceptors (Lipinski definition) is 1. The smallest absolute Gasteiger partial charge is 0.126 e. The highest BCUT2D eigenvalue weighted by Gasteiger charge is 2.09. The Labute approximate surface area is 130 Å². The predicted octanol–water partition coefficient (Wildman–Crippen LogP) is 6.05. The molecule has 0 spiro atoms. The van der Waals surface area contributed by atoms with Crippen LogP contribution in [0.1, 0.15) is 5.56 Å². The fourth-order valence-corrected chi connectivity index (χ4v) is 2.55. The number of hydrogen-bond donors (Lipinski definition) is 1. The van der Waals surface area contributed by atoms with Crippen molar-refractivity contribution in [1.82, 2.24) is 0 Å². The minimum absolute atomic E-state index is 0.211. The molecule has 0 saturated carbocycles. The molecule has 19 heavy (non-hydrogen) atoms. The monoisotopic (exact) mass is 337 g/mol. The Morgan fingerprint density at radius 2 is 1.53 bits per heavy atom. The van der Waals surface area contributed by atoms with Crippen molar-refractivity contribution >= 4 is 52.1 Å². The zero-order chi connectivity index (χ0) is 14.0. The van der Waals surface area contributed by atoms with Crippen LogP contribution >= 0.6 is 46.4 Å². The van der Waals surface area contributed by atoms with E-state index in [0.29, 0.717) is 22.3 Å². The van der Waals surface area contributed by atoms with Crippen LogP contribution in [0.3, 0.4) is 0 Å². The fourth-order valence-electron chi connectivity index (χ4n) is 1.57. The molecule has 0 bridgehead atoms. The molecule has 0 aliphatic carbocycles. The summed E-state index contributed by atoms with van der Waals surface area (Å²) in [6.07, 6.45) is 0. The molecule has 0 unspecified atom stereocenters. The second kappa shape index (κ2) is 6.19. The van der Waals surface area contributed by atoms with E-state index in [-0.39, 0.29) is 10.0 Å². The van der Waals surface area contributed by atoms with E-state index in [4.69, 9.17) is 46.4 Å². The molecule has 2 aromatic carbocycles. The molecular formula is C13H8Cl4FN. The van der Waals surface area contributed by atoms with Crippen LogP contribution in [0, 0.1) is 5.82 Å². The van der Waals surface area contributed by atoms with E-state index in [0.717, 1.165) is 5.56 Å². The molecule has 100 valence electrons. The van der Waals surface area contributed by atoms with Crippen LogP contribution in [0.15, 0.2) is 30.3 Å². The standard InChI is InChI=1S/C13H8Cl4FN/c14-8-1-2-10(15)7(3-8)6-19-13-11(16)4-9(18)5-12(13)17/h1-5,19H,6H2. The first kappa shape index (κ1) is 14.7. The Morgan fingerprint density at radius 3 is 2.16 bits per heavy atom. The molecule has 1 nitrogen and oxygen atoms in total. The maximum Gasteiger partial charge on any atom is 0.126 e. The summed E-state index contributed by atoms with van der Waals surface area (Å²) in [5.41, 5.74) is 1.26. The quantitative estimate of drug-likeness (QED) is 0.718. The summed E-state index contributed by atoms with van der Waals surface area (Å²) >= 11 is 23.8. The number of benzene rings is 2. The van der Waals surface area contributed by atoms with Crippen molar-refractivity contribution in [2.24, 2.45) is 0 Å². The first-order chi connectivity index (χ1) is 8.97. The van der Waals surface area contributed by atoms with Crippen LogP contribution in [-0.4, -0.2) is 0 Å². The van der Waals surface area contributed by atoms with Crippen LogP contribution in [0.2, 0.25) is 20.1 Å². The molecule has 0 saturated heterocycles. The Bertz CT molecular complexity index is 593. The summed E-state index contributed by atoms with van der Waals surface area (Å²) in [5, 5.41) is 4.60. The van der Waals surface area contributed by atoms with Crippen LogP contribution in [0.25, 0.3) is 0 Å². The van der Waals surface area contributed by atoms with Gasteiger partial charge in [-0.25, -0.2) is 4.39 Å². The topological polar surface area (TPSA) is 12.0 Å². The third-order valence-corrected chi connectivity index (χ3v) is 3.67. The third-order valence-electron chi connectivity index (χ3n) is 2.47. The van der Waals surface area contributed by atoms with E-state index in [9.17, 15) is 4.39 Å². The van der Waals surface area contributed by atoms with Gasteiger partial charge in [-0.05, 0) is 35.9 Å². The van der Waals surface area contributed by atoms with Gasteiger partial charge in [0.25, 0.3) is 0 Å². The summed E-state index contributed by atoms with van der Waals surface area (Å²) in [6, 6.07) is 7.52. The average molecular weight is 339 g/mol. The molecule has 0 fully saturated rings. The summed E-state index contributed by atoms with van der Waals surface area (Å²) in [5.74, 6) is -0.485. The highest BCUT2D eigenvalue weighted by molar-refractivity contribution is 6.39. The minimum atomic E-state index is -0.485. The molecule has 0 radical (unpaired) electrons. The molecule has 0 aliphatic rings. The van der Waals surface area contributed by atoms with Gasteiger partial charge in [-0.1, -0.05) is 46.4 Å². The molecular weight excluding hydrogens is 331 g/mol. The van der Waals surface area contributed by atoms with E-state index in [1.165, 1.54) is 12.1 Å². The van der Waals surface area contributed by atoms with Crippen molar-refractivity contribution in [3.63, 3.8) is 0 Å². The summed E-state index contributed by atoms with van der Waals surface area (Å²) < 4.78 is 13.1. The number of nitrogens with one attached hydrogen (secondary N) is 1. The van der Waals surface area contributed by atoms with Crippen LogP contribution < -0.4 is 5.32 Å². The second-order valence-corrected chi connectivity index (χ2v) is 5.49. The van der Waals surface area contributed by atoms with Gasteiger partial charge in [-0.2, -0.15) is 0 Å². The van der Waals surface area contributed by atoms with Crippen molar-refractivity contribution < 1.29 is 4.39 Å². The predicted molar refractivity (Wildman–Crippen MR) is 80.2 cm³/mol. The maximum absolute atomic E-state index is 13.1. The Hall–Kier alpha value is -0.670. The number of rotatable bonds is 3. The molecule has 2 aromatic rings. The van der Waals surface area contributed by atoms with Gasteiger partial charge in [0.2, 0.25) is 0 Å². The van der Waals surface area contributed by atoms with Crippen LogP contribution in [-0.2, 0) is 6.54 Å². The van der Waals surface area contributed by atoms with Gasteiger partial charge in [0, 0.05) is 16.6 Å². The molecule has 6 heteroatoms. The molecule has 0 heterocycles. The zero-order valence-electron chi connectivity index (χ0n) is 9.48. The van der Waals surface area contributed by atoms with Gasteiger partial charge < -0.3 is 5.32 Å². The van der Waals surface area contributed by atoms with Crippen LogP contribution in [0.5, 0.6) is 0 Å². The number of anilines is 1. The minimum Gasteiger partial charge on any atom is -0.378 e. The average Bonchev–Trinajstić information content (AvgIpc) is 2.32. The van der Waals surface area contributed by atoms with Gasteiger partial charge in [0.15, 0.2) is 0 Å². The Kier molecular flexibility index (Phi) is 4.80. The van der Waals surface area contributed by atoms with Gasteiger partial charge >= 0.3 is 0 Å². The lowest BCUT2D eigenvalue weighted by Gasteiger charge is -2.12. The molecule has 0 aliphatic heterocycles. The van der Waals surface area contributed by atoms with E-state index >= 15 is 0 Å². The van der Waals surface area contributed by atoms with Gasteiger partial charge in [-0.3, -0.25) is 0 Å². The summed E-state index contributed by atoms with van der Waals surface area (Å²) in [6.45, 7) is 0.379. The molecule has 2 rings (SSSR count). The lowest BCUT2D eigenvalue weighted by atomic mass is 10.2. The zero-order valence-corrected chi connectivity index (χ0v) is 12.5. The number of halogens is 5. The summed E-state index contributed by atoms with van der Waals surface area (Å²) in [7, 11) is 0. The van der Waals surface area contributed by atoms with Gasteiger partial charge in [0.05, 0.1) is 15.7 Å². The van der Waals surface area contributed by atoms with E-state index < -0.39 is 5.82 Å². The lowest BCUT2D eigenvalue weighted by Crippen LogP contribution is -2.01. The largest absolute Gasteiger partial charge is 0.378 e. The van der Waals surface area contributed by atoms with Crippen molar-refractivity contribution in [2.75, 3.05) is 5.32 Å². The first-order valence-corrected chi connectivity index (χ1v) is 6.81. The molecule has 1 N–H and O–H groups in total. The molecule has 0 aromatic heterocycles. The highest BCUT2D eigenvalue weighted by atomic mass is 35.5. The Morgan fingerprint density at radius 1 is 0.895 bits per heavy atom. The SMILES string of the molecule is Fc1cc(Cl)c(NCc2cc(Cl)ccc2Cl)c(Cl)c1. The highest BCUT2D eigenvalue weighted by Crippen LogP contribution is 2.32.